The molecule has 9 nitrogen and oxygen atoms in total. The SMILES string of the molecule is CCc1cccc2c(-c3ccccc3Cl)c(C(=O)NN=Cc3cc(Br)ccc3OC(=O)c3ccc([N+](=O)[O-])cc3)[nH]c12. The van der Waals surface area contributed by atoms with Gasteiger partial charge in [-0.05, 0) is 48.4 Å². The number of fused-ring (bicyclic) bond motifs is 1. The second-order valence-corrected chi connectivity index (χ2v) is 10.4. The van der Waals surface area contributed by atoms with Crippen LogP contribution < -0.4 is 10.2 Å². The Morgan fingerprint density at radius 1 is 1.07 bits per heavy atom. The number of rotatable bonds is 8. The van der Waals surface area contributed by atoms with Crippen molar-refractivity contribution in [2.75, 3.05) is 0 Å². The van der Waals surface area contributed by atoms with Crippen LogP contribution in [0.15, 0.2) is 94.5 Å². The highest BCUT2D eigenvalue weighted by atomic mass is 79.9. The van der Waals surface area contributed by atoms with Gasteiger partial charge in [0.25, 0.3) is 11.6 Å². The number of carbonyl (C=O) groups excluding carboxylic acids is 2. The molecule has 5 aromatic rings. The molecule has 0 fully saturated rings. The van der Waals surface area contributed by atoms with E-state index in [4.69, 9.17) is 16.3 Å². The molecule has 0 aliphatic carbocycles. The van der Waals surface area contributed by atoms with Crippen molar-refractivity contribution >= 4 is 62.2 Å². The monoisotopic (exact) mass is 644 g/mol. The third kappa shape index (κ3) is 5.95. The summed E-state index contributed by atoms with van der Waals surface area (Å²) >= 11 is 9.93. The van der Waals surface area contributed by atoms with Gasteiger partial charge >= 0.3 is 5.97 Å². The third-order valence-electron chi connectivity index (χ3n) is 6.53. The average Bonchev–Trinajstić information content (AvgIpc) is 3.38. The van der Waals surface area contributed by atoms with E-state index in [9.17, 15) is 19.7 Å². The highest BCUT2D eigenvalue weighted by Gasteiger charge is 2.22. The van der Waals surface area contributed by atoms with E-state index in [2.05, 4.69) is 31.4 Å². The zero-order chi connectivity index (χ0) is 29.8. The van der Waals surface area contributed by atoms with Crippen molar-refractivity contribution in [1.29, 1.82) is 0 Å². The second-order valence-electron chi connectivity index (χ2n) is 9.12. The lowest BCUT2D eigenvalue weighted by molar-refractivity contribution is -0.384. The number of ether oxygens (including phenoxy) is 1. The number of aryl methyl sites for hydroxylation is 1. The van der Waals surface area contributed by atoms with E-state index >= 15 is 0 Å². The summed E-state index contributed by atoms with van der Waals surface area (Å²) in [5, 5.41) is 16.4. The van der Waals surface area contributed by atoms with Crippen molar-refractivity contribution in [3.8, 4) is 16.9 Å². The smallest absolute Gasteiger partial charge is 0.343 e. The highest BCUT2D eigenvalue weighted by Crippen LogP contribution is 2.37. The Morgan fingerprint density at radius 2 is 1.83 bits per heavy atom. The molecular weight excluding hydrogens is 624 g/mol. The second kappa shape index (κ2) is 12.4. The number of nitro groups is 1. The van der Waals surface area contributed by atoms with E-state index in [1.54, 1.807) is 24.3 Å². The Labute approximate surface area is 253 Å². The summed E-state index contributed by atoms with van der Waals surface area (Å²) in [5.41, 5.74) is 6.53. The van der Waals surface area contributed by atoms with Crippen LogP contribution in [0, 0.1) is 10.1 Å². The van der Waals surface area contributed by atoms with Gasteiger partial charge in [0.15, 0.2) is 0 Å². The molecule has 0 radical (unpaired) electrons. The minimum absolute atomic E-state index is 0.136. The minimum Gasteiger partial charge on any atom is -0.422 e. The lowest BCUT2D eigenvalue weighted by Gasteiger charge is -2.08. The molecule has 0 saturated heterocycles. The van der Waals surface area contributed by atoms with Crippen molar-refractivity contribution in [3.63, 3.8) is 0 Å². The number of benzene rings is 4. The van der Waals surface area contributed by atoms with Gasteiger partial charge in [0.1, 0.15) is 11.4 Å². The van der Waals surface area contributed by atoms with Crippen molar-refractivity contribution in [3.05, 3.63) is 127 Å². The topological polar surface area (TPSA) is 127 Å². The zero-order valence-corrected chi connectivity index (χ0v) is 24.4. The number of nitrogens with zero attached hydrogens (tertiary/aromatic N) is 2. The van der Waals surface area contributed by atoms with Crippen molar-refractivity contribution in [1.82, 2.24) is 10.4 Å². The van der Waals surface area contributed by atoms with Crippen LogP contribution in [0.3, 0.4) is 0 Å². The quantitative estimate of drug-likeness (QED) is 0.0588. The molecule has 0 aliphatic heterocycles. The predicted molar refractivity (Wildman–Crippen MR) is 165 cm³/mol. The fraction of sp³-hybridized carbons (Fsp3) is 0.0645. The number of non-ortho nitro benzene ring substituents is 1. The number of nitro benzene ring substituents is 1. The fourth-order valence-electron chi connectivity index (χ4n) is 4.49. The Morgan fingerprint density at radius 3 is 2.55 bits per heavy atom. The number of hydrogen-bond acceptors (Lipinski definition) is 6. The molecule has 0 saturated carbocycles. The summed E-state index contributed by atoms with van der Waals surface area (Å²) < 4.78 is 6.22. The number of H-pyrrole nitrogens is 1. The van der Waals surface area contributed by atoms with Crippen molar-refractivity contribution in [2.24, 2.45) is 5.10 Å². The first kappa shape index (κ1) is 28.7. The molecule has 0 atom stereocenters. The van der Waals surface area contributed by atoms with Crippen LogP contribution in [0.1, 0.15) is 38.9 Å². The minimum atomic E-state index is -0.708. The van der Waals surface area contributed by atoms with Crippen LogP contribution in [0.5, 0.6) is 5.75 Å². The summed E-state index contributed by atoms with van der Waals surface area (Å²) in [6.45, 7) is 2.04. The van der Waals surface area contributed by atoms with Gasteiger partial charge < -0.3 is 9.72 Å². The largest absolute Gasteiger partial charge is 0.422 e. The van der Waals surface area contributed by atoms with Crippen molar-refractivity contribution < 1.29 is 19.2 Å². The number of amides is 1. The number of halogens is 2. The highest BCUT2D eigenvalue weighted by molar-refractivity contribution is 9.10. The molecular formula is C31H22BrClN4O5. The normalized spacial score (nSPS) is 11.1. The van der Waals surface area contributed by atoms with E-state index in [0.29, 0.717) is 31.9 Å². The fourth-order valence-corrected chi connectivity index (χ4v) is 5.10. The average molecular weight is 646 g/mol. The number of aromatic nitrogens is 1. The van der Waals surface area contributed by atoms with Gasteiger partial charge in [-0.2, -0.15) is 5.10 Å². The molecule has 0 spiro atoms. The standard InChI is InChI=1S/C31H22BrClN4O5/c1-2-18-6-5-8-24-27(23-7-3-4-9-25(23)33)29(35-28(18)24)30(38)36-34-17-20-16-21(32)12-15-26(20)42-31(39)19-10-13-22(14-11-19)37(40)41/h3-17,35H,2H2,1H3,(H,36,38). The number of para-hydroxylation sites is 1. The maximum Gasteiger partial charge on any atom is 0.343 e. The first-order chi connectivity index (χ1) is 20.3. The molecule has 4 aromatic carbocycles. The van der Waals surface area contributed by atoms with Crippen molar-refractivity contribution in [2.45, 2.75) is 13.3 Å². The van der Waals surface area contributed by atoms with E-state index in [1.165, 1.54) is 30.5 Å². The molecule has 2 N–H and O–H groups in total. The lowest BCUT2D eigenvalue weighted by atomic mass is 9.99. The van der Waals surface area contributed by atoms with Gasteiger partial charge in [0, 0.05) is 49.2 Å². The van der Waals surface area contributed by atoms with Crippen LogP contribution in [-0.2, 0) is 6.42 Å². The molecule has 1 heterocycles. The Kier molecular flexibility index (Phi) is 8.46. The van der Waals surface area contributed by atoms with Crippen LogP contribution in [0.2, 0.25) is 5.02 Å². The van der Waals surface area contributed by atoms with Crippen LogP contribution >= 0.6 is 27.5 Å². The number of hydrazone groups is 1. The van der Waals surface area contributed by atoms with Gasteiger partial charge in [-0.1, -0.05) is 70.9 Å². The molecule has 0 bridgehead atoms. The molecule has 0 aliphatic rings. The summed E-state index contributed by atoms with van der Waals surface area (Å²) in [6.07, 6.45) is 2.12. The summed E-state index contributed by atoms with van der Waals surface area (Å²) in [7, 11) is 0. The maximum atomic E-state index is 13.5. The Hall–Kier alpha value is -4.80. The molecule has 42 heavy (non-hydrogen) atoms. The third-order valence-corrected chi connectivity index (χ3v) is 7.35. The molecule has 210 valence electrons. The molecule has 0 unspecified atom stereocenters. The van der Waals surface area contributed by atoms with Gasteiger partial charge in [-0.15, -0.1) is 0 Å². The van der Waals surface area contributed by atoms with Gasteiger partial charge in [0.05, 0.1) is 16.7 Å². The number of aromatic amines is 1. The molecule has 11 heteroatoms. The molecule has 5 rings (SSSR count). The molecule has 1 amide bonds. The zero-order valence-electron chi connectivity index (χ0n) is 22.1. The maximum absolute atomic E-state index is 13.5. The predicted octanol–water partition coefficient (Wildman–Crippen LogP) is 7.70. The van der Waals surface area contributed by atoms with E-state index in [0.717, 1.165) is 22.9 Å². The first-order valence-electron chi connectivity index (χ1n) is 12.7. The number of nitrogens with one attached hydrogen (secondary N) is 2. The lowest BCUT2D eigenvalue weighted by Crippen LogP contribution is -2.19. The van der Waals surface area contributed by atoms with Crippen LogP contribution in [0.4, 0.5) is 5.69 Å². The van der Waals surface area contributed by atoms with Gasteiger partial charge in [-0.3, -0.25) is 14.9 Å². The molecule has 1 aromatic heterocycles. The first-order valence-corrected chi connectivity index (χ1v) is 13.9. The van der Waals surface area contributed by atoms with E-state index < -0.39 is 16.8 Å². The van der Waals surface area contributed by atoms with Crippen LogP contribution in [-0.4, -0.2) is 28.0 Å². The number of esters is 1. The van der Waals surface area contributed by atoms with Crippen LogP contribution in [0.25, 0.3) is 22.0 Å². The number of hydrogen-bond donors (Lipinski definition) is 2. The summed E-state index contributed by atoms with van der Waals surface area (Å²) in [6, 6.07) is 23.2. The Balaban J connectivity index is 1.42. The van der Waals surface area contributed by atoms with E-state index in [1.807, 2.05) is 43.3 Å². The summed E-state index contributed by atoms with van der Waals surface area (Å²) in [4.78, 5) is 39.8. The van der Waals surface area contributed by atoms with E-state index in [-0.39, 0.29) is 17.0 Å². The summed E-state index contributed by atoms with van der Waals surface area (Å²) in [5.74, 6) is -1.02. The number of carbonyl (C=O) groups is 2. The Bertz CT molecular complexity index is 1870. The van der Waals surface area contributed by atoms with Gasteiger partial charge in [0.2, 0.25) is 0 Å². The van der Waals surface area contributed by atoms with Gasteiger partial charge in [-0.25, -0.2) is 10.2 Å².